The van der Waals surface area contributed by atoms with Crippen molar-refractivity contribution in [2.45, 2.75) is 18.4 Å². The first kappa shape index (κ1) is 15.4. The van der Waals surface area contributed by atoms with Gasteiger partial charge in [-0.3, -0.25) is 0 Å². The highest BCUT2D eigenvalue weighted by Gasteiger charge is 2.59. The molecular weight excluding hydrogens is 289 g/mol. The van der Waals surface area contributed by atoms with Gasteiger partial charge in [-0.05, 0) is 17.7 Å². The Hall–Kier alpha value is -1.95. The van der Waals surface area contributed by atoms with E-state index in [0.717, 1.165) is 24.3 Å². The number of halogens is 5. The van der Waals surface area contributed by atoms with Crippen molar-refractivity contribution in [2.75, 3.05) is 0 Å². The highest BCUT2D eigenvalue weighted by Crippen LogP contribution is 2.50. The number of alkyl halides is 4. The molecule has 1 nitrogen and oxygen atoms in total. The van der Waals surface area contributed by atoms with Crippen molar-refractivity contribution in [3.8, 4) is 0 Å². The molecule has 6 heteroatoms. The molecular formula is C15H12F5N. The molecule has 0 aliphatic rings. The molecule has 0 heterocycles. The molecule has 2 N–H and O–H groups in total. The first-order valence-electron chi connectivity index (χ1n) is 6.11. The van der Waals surface area contributed by atoms with Crippen LogP contribution in [0.25, 0.3) is 0 Å². The third-order valence-corrected chi connectivity index (χ3v) is 3.16. The van der Waals surface area contributed by atoms with Gasteiger partial charge in [0.15, 0.2) is 0 Å². The Balaban J connectivity index is 2.58. The summed E-state index contributed by atoms with van der Waals surface area (Å²) in [6, 6.07) is 7.99. The van der Waals surface area contributed by atoms with Crippen LogP contribution >= 0.6 is 0 Å². The van der Waals surface area contributed by atoms with Crippen molar-refractivity contribution >= 4 is 0 Å². The second kappa shape index (κ2) is 5.44. The summed E-state index contributed by atoms with van der Waals surface area (Å²) in [5.41, 5.74) is 3.11. The van der Waals surface area contributed by atoms with Crippen molar-refractivity contribution in [2.24, 2.45) is 5.73 Å². The lowest BCUT2D eigenvalue weighted by Gasteiger charge is -2.28. The molecule has 0 radical (unpaired) electrons. The zero-order chi connectivity index (χ0) is 15.7. The molecule has 2 rings (SSSR count). The second-order valence-electron chi connectivity index (χ2n) is 4.52. The van der Waals surface area contributed by atoms with Crippen molar-refractivity contribution in [3.05, 3.63) is 71.0 Å². The highest BCUT2D eigenvalue weighted by molar-refractivity contribution is 5.36. The van der Waals surface area contributed by atoms with Crippen LogP contribution in [0.1, 0.15) is 16.7 Å². The normalized spacial score (nSPS) is 12.5. The van der Waals surface area contributed by atoms with Gasteiger partial charge in [-0.15, -0.1) is 0 Å². The van der Waals surface area contributed by atoms with Gasteiger partial charge in [0.1, 0.15) is 5.82 Å². The van der Waals surface area contributed by atoms with Crippen molar-refractivity contribution in [1.29, 1.82) is 0 Å². The third kappa shape index (κ3) is 2.63. The average Bonchev–Trinajstić information content (AvgIpc) is 2.48. The predicted octanol–water partition coefficient (Wildman–Crippen LogP) is 4.17. The number of nitrogens with two attached hydrogens (primary N) is 1. The van der Waals surface area contributed by atoms with E-state index in [9.17, 15) is 22.0 Å². The van der Waals surface area contributed by atoms with Crippen LogP contribution in [0.2, 0.25) is 0 Å². The molecule has 0 aliphatic carbocycles. The van der Waals surface area contributed by atoms with Crippen LogP contribution in [-0.4, -0.2) is 0 Å². The predicted molar refractivity (Wildman–Crippen MR) is 68.5 cm³/mol. The van der Waals surface area contributed by atoms with Crippen molar-refractivity contribution < 1.29 is 22.0 Å². The Kier molecular flexibility index (Phi) is 4.00. The van der Waals surface area contributed by atoms with Gasteiger partial charge in [0.2, 0.25) is 0 Å². The molecule has 0 saturated heterocycles. The maximum Gasteiger partial charge on any atom is 0.340 e. The van der Waals surface area contributed by atoms with E-state index in [2.05, 4.69) is 0 Å². The van der Waals surface area contributed by atoms with Crippen LogP contribution in [0, 0.1) is 5.82 Å². The molecule has 0 unspecified atom stereocenters. The first-order valence-corrected chi connectivity index (χ1v) is 6.11. The molecule has 0 saturated carbocycles. The zero-order valence-corrected chi connectivity index (χ0v) is 10.8. The van der Waals surface area contributed by atoms with E-state index in [1.807, 2.05) is 0 Å². The molecule has 0 atom stereocenters. The first-order chi connectivity index (χ1) is 9.80. The fourth-order valence-corrected chi connectivity index (χ4v) is 2.02. The Labute approximate surface area is 118 Å². The maximum absolute atomic E-state index is 14.3. The number of benzene rings is 2. The summed E-state index contributed by atoms with van der Waals surface area (Å²) in [6.45, 7) is -0.393. The minimum atomic E-state index is -4.58. The lowest BCUT2D eigenvalue weighted by molar-refractivity contribution is -0.224. The molecule has 0 bridgehead atoms. The van der Waals surface area contributed by atoms with E-state index in [-0.39, 0.29) is 5.56 Å². The molecule has 0 fully saturated rings. The average molecular weight is 301 g/mol. The fourth-order valence-electron chi connectivity index (χ4n) is 2.02. The van der Waals surface area contributed by atoms with Gasteiger partial charge >= 0.3 is 11.8 Å². The SMILES string of the molecule is NCc1ccc(F)cc1C(F)(F)C(F)(F)c1ccccc1. The summed E-state index contributed by atoms with van der Waals surface area (Å²) >= 11 is 0. The van der Waals surface area contributed by atoms with Gasteiger partial charge in [-0.2, -0.15) is 17.6 Å². The smallest absolute Gasteiger partial charge is 0.326 e. The highest BCUT2D eigenvalue weighted by atomic mass is 19.3. The zero-order valence-electron chi connectivity index (χ0n) is 10.8. The minimum Gasteiger partial charge on any atom is -0.326 e. The van der Waals surface area contributed by atoms with Crippen LogP contribution in [0.5, 0.6) is 0 Å². The van der Waals surface area contributed by atoms with Gasteiger partial charge in [0.05, 0.1) is 0 Å². The van der Waals surface area contributed by atoms with Gasteiger partial charge in [0.25, 0.3) is 0 Å². The second-order valence-corrected chi connectivity index (χ2v) is 4.52. The standard InChI is InChI=1S/C15H12F5N/c16-12-7-6-10(9-21)13(8-12)15(19,20)14(17,18)11-4-2-1-3-5-11/h1-8H,9,21H2. The molecule has 2 aromatic rings. The summed E-state index contributed by atoms with van der Waals surface area (Å²) in [5.74, 6) is -10.1. The van der Waals surface area contributed by atoms with E-state index >= 15 is 0 Å². The molecule has 0 aliphatic heterocycles. The summed E-state index contributed by atoms with van der Waals surface area (Å²) in [5, 5.41) is 0. The van der Waals surface area contributed by atoms with Crippen molar-refractivity contribution in [1.82, 2.24) is 0 Å². The van der Waals surface area contributed by atoms with E-state index in [4.69, 9.17) is 5.73 Å². The van der Waals surface area contributed by atoms with Crippen LogP contribution in [0.4, 0.5) is 22.0 Å². The lowest BCUT2D eigenvalue weighted by Crippen LogP contribution is -2.36. The van der Waals surface area contributed by atoms with Crippen LogP contribution in [0.15, 0.2) is 48.5 Å². The summed E-state index contributed by atoms with van der Waals surface area (Å²) in [6.07, 6.45) is 0. The number of hydrogen-bond donors (Lipinski definition) is 1. The Morgan fingerprint density at radius 3 is 2.05 bits per heavy atom. The Bertz CT molecular complexity index is 625. The molecule has 2 aromatic carbocycles. The molecule has 21 heavy (non-hydrogen) atoms. The van der Waals surface area contributed by atoms with E-state index in [1.165, 1.54) is 18.2 Å². The van der Waals surface area contributed by atoms with E-state index in [0.29, 0.717) is 6.07 Å². The summed E-state index contributed by atoms with van der Waals surface area (Å²) in [7, 11) is 0. The largest absolute Gasteiger partial charge is 0.340 e. The minimum absolute atomic E-state index is 0.225. The van der Waals surface area contributed by atoms with E-state index in [1.54, 1.807) is 0 Å². The van der Waals surface area contributed by atoms with Crippen LogP contribution in [-0.2, 0) is 18.4 Å². The topological polar surface area (TPSA) is 26.0 Å². The summed E-state index contributed by atoms with van der Waals surface area (Å²) in [4.78, 5) is 0. The van der Waals surface area contributed by atoms with Crippen LogP contribution in [0.3, 0.4) is 0 Å². The van der Waals surface area contributed by atoms with Gasteiger partial charge in [-0.1, -0.05) is 36.4 Å². The molecule has 0 aromatic heterocycles. The monoisotopic (exact) mass is 301 g/mol. The Morgan fingerprint density at radius 1 is 0.857 bits per heavy atom. The fraction of sp³-hybridized carbons (Fsp3) is 0.200. The van der Waals surface area contributed by atoms with Crippen LogP contribution < -0.4 is 5.73 Å². The van der Waals surface area contributed by atoms with Gasteiger partial charge in [0, 0.05) is 17.7 Å². The van der Waals surface area contributed by atoms with Crippen molar-refractivity contribution in [3.63, 3.8) is 0 Å². The summed E-state index contributed by atoms with van der Waals surface area (Å²) < 4.78 is 70.0. The number of hydrogen-bond acceptors (Lipinski definition) is 1. The quantitative estimate of drug-likeness (QED) is 0.843. The number of rotatable bonds is 4. The van der Waals surface area contributed by atoms with Gasteiger partial charge < -0.3 is 5.73 Å². The van der Waals surface area contributed by atoms with Gasteiger partial charge in [-0.25, -0.2) is 4.39 Å². The molecule has 0 amide bonds. The maximum atomic E-state index is 14.3. The lowest BCUT2D eigenvalue weighted by atomic mass is 9.92. The molecule has 0 spiro atoms. The third-order valence-electron chi connectivity index (χ3n) is 3.16. The Morgan fingerprint density at radius 2 is 1.48 bits per heavy atom. The molecule has 112 valence electrons. The van der Waals surface area contributed by atoms with E-state index < -0.39 is 35.3 Å².